The predicted octanol–water partition coefficient (Wildman–Crippen LogP) is 2.79. The van der Waals surface area contributed by atoms with Gasteiger partial charge >= 0.3 is 0 Å². The summed E-state index contributed by atoms with van der Waals surface area (Å²) < 4.78 is 5.42. The third-order valence-electron chi connectivity index (χ3n) is 4.06. The zero-order valence-electron chi connectivity index (χ0n) is 15.7. The zero-order valence-corrected chi connectivity index (χ0v) is 16.5. The molecule has 26 heavy (non-hydrogen) atoms. The minimum absolute atomic E-state index is 0.00775. The van der Waals surface area contributed by atoms with E-state index < -0.39 is 0 Å². The van der Waals surface area contributed by atoms with Crippen LogP contribution in [0.3, 0.4) is 0 Å². The molecule has 0 saturated carbocycles. The van der Waals surface area contributed by atoms with Gasteiger partial charge in [-0.05, 0) is 44.2 Å². The summed E-state index contributed by atoms with van der Waals surface area (Å²) in [7, 11) is 1.77. The molecule has 0 atom stereocenters. The minimum Gasteiger partial charge on any atom is -0.494 e. The van der Waals surface area contributed by atoms with Gasteiger partial charge in [-0.1, -0.05) is 23.9 Å². The van der Waals surface area contributed by atoms with E-state index in [1.165, 1.54) is 11.8 Å². The van der Waals surface area contributed by atoms with Crippen molar-refractivity contribution in [3.63, 3.8) is 0 Å². The average Bonchev–Trinajstić information content (AvgIpc) is 2.62. The average molecular weight is 375 g/mol. The molecule has 1 heterocycles. The number of nitrogens with zero attached hydrogens (tertiary/aromatic N) is 2. The number of aryl methyl sites for hydroxylation is 1. The van der Waals surface area contributed by atoms with Crippen molar-refractivity contribution in [1.82, 2.24) is 14.9 Å². The van der Waals surface area contributed by atoms with E-state index in [0.29, 0.717) is 36.0 Å². The molecule has 2 rings (SSSR count). The van der Waals surface area contributed by atoms with Crippen LogP contribution >= 0.6 is 11.8 Å². The van der Waals surface area contributed by atoms with Crippen molar-refractivity contribution in [2.75, 3.05) is 19.9 Å². The highest BCUT2D eigenvalue weighted by atomic mass is 32.2. The standard InChI is InChI=1S/C19H25N3O3S/c1-5-25-15-8-6-14(7-9-15)12-22(3)17(23)11-10-16-13(2)20-19(26-4)21-18(16)24/h6-9H,5,10-12H2,1-4H3,(H,20,21,24). The van der Waals surface area contributed by atoms with E-state index in [1.54, 1.807) is 18.9 Å². The number of H-pyrrole nitrogens is 1. The van der Waals surface area contributed by atoms with Crippen LogP contribution in [0.4, 0.5) is 0 Å². The van der Waals surface area contributed by atoms with Crippen LogP contribution in [-0.4, -0.2) is 40.7 Å². The number of amides is 1. The van der Waals surface area contributed by atoms with E-state index in [-0.39, 0.29) is 17.9 Å². The third-order valence-corrected chi connectivity index (χ3v) is 4.64. The van der Waals surface area contributed by atoms with Gasteiger partial charge in [0.25, 0.3) is 5.56 Å². The van der Waals surface area contributed by atoms with Crippen LogP contribution in [0.5, 0.6) is 5.75 Å². The van der Waals surface area contributed by atoms with Crippen molar-refractivity contribution in [3.8, 4) is 5.75 Å². The summed E-state index contributed by atoms with van der Waals surface area (Å²) in [6.07, 6.45) is 2.52. The summed E-state index contributed by atoms with van der Waals surface area (Å²) in [6.45, 7) is 4.89. The van der Waals surface area contributed by atoms with Crippen molar-refractivity contribution in [2.24, 2.45) is 0 Å². The highest BCUT2D eigenvalue weighted by Crippen LogP contribution is 2.14. The summed E-state index contributed by atoms with van der Waals surface area (Å²) in [4.78, 5) is 33.3. The number of thioether (sulfide) groups is 1. The summed E-state index contributed by atoms with van der Waals surface area (Å²) in [5.41, 5.74) is 2.12. The highest BCUT2D eigenvalue weighted by molar-refractivity contribution is 7.98. The third kappa shape index (κ3) is 5.36. The molecule has 0 aliphatic rings. The molecule has 0 unspecified atom stereocenters. The molecule has 0 spiro atoms. The lowest BCUT2D eigenvalue weighted by molar-refractivity contribution is -0.130. The Balaban J connectivity index is 1.94. The molecule has 0 fully saturated rings. The second-order valence-corrected chi connectivity index (χ2v) is 6.76. The fourth-order valence-electron chi connectivity index (χ4n) is 2.62. The topological polar surface area (TPSA) is 75.3 Å². The van der Waals surface area contributed by atoms with E-state index >= 15 is 0 Å². The number of benzene rings is 1. The maximum atomic E-state index is 12.4. The molecule has 7 heteroatoms. The number of carbonyl (C=O) groups is 1. The Labute approximate surface area is 158 Å². The second kappa shape index (κ2) is 9.43. The number of hydrogen-bond donors (Lipinski definition) is 1. The van der Waals surface area contributed by atoms with E-state index in [9.17, 15) is 9.59 Å². The molecule has 0 radical (unpaired) electrons. The summed E-state index contributed by atoms with van der Waals surface area (Å²) in [5.74, 6) is 0.813. The van der Waals surface area contributed by atoms with Gasteiger partial charge in [-0.25, -0.2) is 4.98 Å². The van der Waals surface area contributed by atoms with Crippen molar-refractivity contribution >= 4 is 17.7 Å². The van der Waals surface area contributed by atoms with Gasteiger partial charge in [0.1, 0.15) is 5.75 Å². The highest BCUT2D eigenvalue weighted by Gasteiger charge is 2.13. The van der Waals surface area contributed by atoms with Crippen molar-refractivity contribution in [3.05, 3.63) is 51.4 Å². The molecule has 0 saturated heterocycles. The summed E-state index contributed by atoms with van der Waals surface area (Å²) >= 11 is 1.39. The molecule has 1 amide bonds. The molecular formula is C19H25N3O3S. The SMILES string of the molecule is CCOc1ccc(CN(C)C(=O)CCc2c(C)nc(SC)[nH]c2=O)cc1. The first-order valence-corrected chi connectivity index (χ1v) is 9.76. The Kier molecular flexibility index (Phi) is 7.26. The maximum absolute atomic E-state index is 12.4. The Morgan fingerprint density at radius 1 is 1.31 bits per heavy atom. The quantitative estimate of drug-likeness (QED) is 0.567. The lowest BCUT2D eigenvalue weighted by Crippen LogP contribution is -2.27. The van der Waals surface area contributed by atoms with E-state index in [0.717, 1.165) is 11.3 Å². The zero-order chi connectivity index (χ0) is 19.1. The first-order chi connectivity index (χ1) is 12.4. The molecule has 1 N–H and O–H groups in total. The van der Waals surface area contributed by atoms with E-state index in [2.05, 4.69) is 9.97 Å². The van der Waals surface area contributed by atoms with Gasteiger partial charge in [0, 0.05) is 31.3 Å². The number of carbonyl (C=O) groups excluding carboxylic acids is 1. The Morgan fingerprint density at radius 3 is 2.58 bits per heavy atom. The fraction of sp³-hybridized carbons (Fsp3) is 0.421. The number of aromatic nitrogens is 2. The van der Waals surface area contributed by atoms with E-state index in [4.69, 9.17) is 4.74 Å². The first kappa shape index (κ1) is 20.0. The van der Waals surface area contributed by atoms with Crippen LogP contribution in [0.25, 0.3) is 0 Å². The lowest BCUT2D eigenvalue weighted by Gasteiger charge is -2.17. The van der Waals surface area contributed by atoms with Crippen LogP contribution in [0, 0.1) is 6.92 Å². The Hall–Kier alpha value is -2.28. The second-order valence-electron chi connectivity index (χ2n) is 5.97. The van der Waals surface area contributed by atoms with Gasteiger partial charge in [-0.2, -0.15) is 0 Å². The normalized spacial score (nSPS) is 10.6. The number of aromatic amines is 1. The van der Waals surface area contributed by atoms with Crippen molar-refractivity contribution in [2.45, 2.75) is 38.4 Å². The lowest BCUT2D eigenvalue weighted by atomic mass is 10.1. The van der Waals surface area contributed by atoms with Crippen LogP contribution in [-0.2, 0) is 17.8 Å². The molecule has 0 aliphatic carbocycles. The van der Waals surface area contributed by atoms with Gasteiger partial charge in [-0.3, -0.25) is 9.59 Å². The Morgan fingerprint density at radius 2 is 2.00 bits per heavy atom. The molecule has 140 valence electrons. The predicted molar refractivity (Wildman–Crippen MR) is 104 cm³/mol. The summed E-state index contributed by atoms with van der Waals surface area (Å²) in [6, 6.07) is 7.71. The van der Waals surface area contributed by atoms with Gasteiger partial charge in [0.05, 0.1) is 6.61 Å². The van der Waals surface area contributed by atoms with E-state index in [1.807, 2.05) is 37.4 Å². The molecule has 0 aliphatic heterocycles. The molecule has 1 aromatic carbocycles. The van der Waals surface area contributed by atoms with Crippen LogP contribution < -0.4 is 10.3 Å². The monoisotopic (exact) mass is 375 g/mol. The van der Waals surface area contributed by atoms with Gasteiger partial charge in [0.2, 0.25) is 5.91 Å². The van der Waals surface area contributed by atoms with Crippen LogP contribution in [0.15, 0.2) is 34.2 Å². The molecule has 1 aromatic heterocycles. The number of ether oxygens (including phenoxy) is 1. The number of rotatable bonds is 8. The molecular weight excluding hydrogens is 350 g/mol. The van der Waals surface area contributed by atoms with Crippen LogP contribution in [0.1, 0.15) is 30.2 Å². The van der Waals surface area contributed by atoms with Gasteiger partial charge < -0.3 is 14.6 Å². The first-order valence-electron chi connectivity index (χ1n) is 8.54. The summed E-state index contributed by atoms with van der Waals surface area (Å²) in [5, 5.41) is 0.593. The Bertz CT molecular complexity index is 803. The van der Waals surface area contributed by atoms with Crippen molar-refractivity contribution in [1.29, 1.82) is 0 Å². The number of hydrogen-bond acceptors (Lipinski definition) is 5. The smallest absolute Gasteiger partial charge is 0.254 e. The molecule has 0 bridgehead atoms. The maximum Gasteiger partial charge on any atom is 0.254 e. The fourth-order valence-corrected chi connectivity index (χ4v) is 3.04. The molecule has 6 nitrogen and oxygen atoms in total. The van der Waals surface area contributed by atoms with Crippen molar-refractivity contribution < 1.29 is 9.53 Å². The van der Waals surface area contributed by atoms with Gasteiger partial charge in [0.15, 0.2) is 5.16 Å². The number of nitrogens with one attached hydrogen (secondary N) is 1. The van der Waals surface area contributed by atoms with Gasteiger partial charge in [-0.15, -0.1) is 0 Å². The largest absolute Gasteiger partial charge is 0.494 e. The van der Waals surface area contributed by atoms with Crippen LogP contribution in [0.2, 0.25) is 0 Å². The molecule has 2 aromatic rings. The minimum atomic E-state index is -0.163.